The van der Waals surface area contributed by atoms with Crippen molar-refractivity contribution >= 4 is 0 Å². The highest BCUT2D eigenvalue weighted by molar-refractivity contribution is 4.96. The molecular weight excluding hydrogens is 129 g/mol. The average molecular weight is 145 g/mol. The van der Waals surface area contributed by atoms with E-state index in [-0.39, 0.29) is 6.67 Å². The Morgan fingerprint density at radius 3 is 2.60 bits per heavy atom. The normalized spacial score (nSPS) is 10.4. The van der Waals surface area contributed by atoms with Gasteiger partial charge in [0, 0.05) is 12.6 Å². The molecule has 0 bridgehead atoms. The maximum Gasteiger partial charge on any atom is 0.0931 e. The molecule has 0 aromatic heterocycles. The molecule has 0 heterocycles. The van der Waals surface area contributed by atoms with Crippen LogP contribution < -0.4 is 5.32 Å². The van der Waals surface area contributed by atoms with Gasteiger partial charge in [-0.25, -0.2) is 0 Å². The van der Waals surface area contributed by atoms with Crippen LogP contribution in [0.5, 0.6) is 0 Å². The molecule has 0 atom stereocenters. The van der Waals surface area contributed by atoms with E-state index < -0.39 is 0 Å². The molecule has 0 aromatic carbocycles. The zero-order valence-corrected chi connectivity index (χ0v) is 6.78. The summed E-state index contributed by atoms with van der Waals surface area (Å²) in [7, 11) is 0. The first-order valence-corrected chi connectivity index (χ1v) is 3.62. The van der Waals surface area contributed by atoms with Crippen LogP contribution in [0.15, 0.2) is 12.2 Å². The van der Waals surface area contributed by atoms with E-state index in [0.717, 1.165) is 12.1 Å². The summed E-state index contributed by atoms with van der Waals surface area (Å²) in [6.45, 7) is 8.28. The van der Waals surface area contributed by atoms with Gasteiger partial charge in [-0.05, 0) is 6.42 Å². The van der Waals surface area contributed by atoms with E-state index in [0.29, 0.717) is 12.5 Å². The van der Waals surface area contributed by atoms with Crippen molar-refractivity contribution in [2.45, 2.75) is 26.3 Å². The summed E-state index contributed by atoms with van der Waals surface area (Å²) in [5.41, 5.74) is 0.941. The van der Waals surface area contributed by atoms with Crippen molar-refractivity contribution in [3.8, 4) is 0 Å². The van der Waals surface area contributed by atoms with Gasteiger partial charge in [-0.2, -0.15) is 0 Å². The molecule has 0 aliphatic carbocycles. The smallest absolute Gasteiger partial charge is 0.0931 e. The second-order valence-corrected chi connectivity index (χ2v) is 2.72. The molecule has 2 heteroatoms. The third kappa shape index (κ3) is 5.76. The van der Waals surface area contributed by atoms with E-state index in [1.165, 1.54) is 0 Å². The molecule has 0 saturated heterocycles. The van der Waals surface area contributed by atoms with Crippen molar-refractivity contribution in [1.29, 1.82) is 0 Å². The summed E-state index contributed by atoms with van der Waals surface area (Å²) < 4.78 is 11.7. The summed E-state index contributed by atoms with van der Waals surface area (Å²) in [6, 6.07) is 0.455. The summed E-state index contributed by atoms with van der Waals surface area (Å²) in [5, 5.41) is 3.16. The maximum atomic E-state index is 11.7. The highest BCUT2D eigenvalue weighted by atomic mass is 19.1. The minimum Gasteiger partial charge on any atom is -0.311 e. The Balaban J connectivity index is 3.22. The zero-order chi connectivity index (χ0) is 7.98. The quantitative estimate of drug-likeness (QED) is 0.583. The average Bonchev–Trinajstić information content (AvgIpc) is 1.85. The standard InChI is InChI=1S/C8H16FN/c1-7(2)10-6-8(3)4-5-9/h7,10H,3-6H2,1-2H3. The number of halogens is 1. The second kappa shape index (κ2) is 5.42. The zero-order valence-electron chi connectivity index (χ0n) is 6.78. The SMILES string of the molecule is C=C(CCF)CNC(C)C. The second-order valence-electron chi connectivity index (χ2n) is 2.72. The monoisotopic (exact) mass is 145 g/mol. The maximum absolute atomic E-state index is 11.7. The fourth-order valence-corrected chi connectivity index (χ4v) is 0.570. The van der Waals surface area contributed by atoms with Crippen molar-refractivity contribution in [3.63, 3.8) is 0 Å². The topological polar surface area (TPSA) is 12.0 Å². The highest BCUT2D eigenvalue weighted by Crippen LogP contribution is 1.95. The lowest BCUT2D eigenvalue weighted by atomic mass is 10.2. The van der Waals surface area contributed by atoms with Gasteiger partial charge in [-0.15, -0.1) is 0 Å². The van der Waals surface area contributed by atoms with Crippen LogP contribution in [0.3, 0.4) is 0 Å². The van der Waals surface area contributed by atoms with Crippen molar-refractivity contribution in [3.05, 3.63) is 12.2 Å². The number of nitrogens with one attached hydrogen (secondary N) is 1. The Hall–Kier alpha value is -0.370. The van der Waals surface area contributed by atoms with Gasteiger partial charge in [-0.3, -0.25) is 4.39 Å². The van der Waals surface area contributed by atoms with Crippen LogP contribution in [0.25, 0.3) is 0 Å². The van der Waals surface area contributed by atoms with Crippen LogP contribution in [0.4, 0.5) is 4.39 Å². The fourth-order valence-electron chi connectivity index (χ4n) is 0.570. The van der Waals surface area contributed by atoms with Crippen LogP contribution in [0.2, 0.25) is 0 Å². The molecule has 0 aliphatic rings. The van der Waals surface area contributed by atoms with Crippen molar-refractivity contribution in [1.82, 2.24) is 5.32 Å². The number of alkyl halides is 1. The molecule has 0 amide bonds. The third-order valence-electron chi connectivity index (χ3n) is 1.21. The lowest BCUT2D eigenvalue weighted by Crippen LogP contribution is -2.24. The Morgan fingerprint density at radius 1 is 1.60 bits per heavy atom. The molecule has 0 rings (SSSR count). The largest absolute Gasteiger partial charge is 0.311 e. The van der Waals surface area contributed by atoms with E-state index in [9.17, 15) is 4.39 Å². The Labute approximate surface area is 62.3 Å². The summed E-state index contributed by atoms with van der Waals surface area (Å²) in [5.74, 6) is 0. The van der Waals surface area contributed by atoms with E-state index in [1.54, 1.807) is 0 Å². The van der Waals surface area contributed by atoms with Gasteiger partial charge < -0.3 is 5.32 Å². The van der Waals surface area contributed by atoms with Crippen LogP contribution in [-0.4, -0.2) is 19.3 Å². The van der Waals surface area contributed by atoms with E-state index in [4.69, 9.17) is 0 Å². The fraction of sp³-hybridized carbons (Fsp3) is 0.750. The van der Waals surface area contributed by atoms with Crippen LogP contribution in [0.1, 0.15) is 20.3 Å². The number of hydrogen-bond acceptors (Lipinski definition) is 1. The van der Waals surface area contributed by atoms with Gasteiger partial charge in [0.1, 0.15) is 0 Å². The van der Waals surface area contributed by atoms with E-state index >= 15 is 0 Å². The molecule has 1 nitrogen and oxygen atoms in total. The third-order valence-corrected chi connectivity index (χ3v) is 1.21. The molecule has 0 fully saturated rings. The predicted molar refractivity (Wildman–Crippen MR) is 42.9 cm³/mol. The van der Waals surface area contributed by atoms with Gasteiger partial charge in [0.25, 0.3) is 0 Å². The Bertz CT molecular complexity index is 99.4. The Kier molecular flexibility index (Phi) is 5.22. The molecule has 0 saturated carbocycles. The van der Waals surface area contributed by atoms with E-state index in [1.807, 2.05) is 0 Å². The van der Waals surface area contributed by atoms with Crippen LogP contribution in [-0.2, 0) is 0 Å². The number of hydrogen-bond donors (Lipinski definition) is 1. The summed E-state index contributed by atoms with van der Waals surface area (Å²) >= 11 is 0. The van der Waals surface area contributed by atoms with Gasteiger partial charge in [-0.1, -0.05) is 26.0 Å². The minimum atomic E-state index is -0.293. The molecule has 0 spiro atoms. The molecular formula is C8H16FN. The molecule has 1 N–H and O–H groups in total. The molecule has 0 aromatic rings. The first kappa shape index (κ1) is 9.63. The van der Waals surface area contributed by atoms with Gasteiger partial charge in [0.05, 0.1) is 6.67 Å². The molecule has 10 heavy (non-hydrogen) atoms. The molecule has 0 aliphatic heterocycles. The lowest BCUT2D eigenvalue weighted by molar-refractivity contribution is 0.486. The van der Waals surface area contributed by atoms with Gasteiger partial charge >= 0.3 is 0 Å². The van der Waals surface area contributed by atoms with Gasteiger partial charge in [0.2, 0.25) is 0 Å². The summed E-state index contributed by atoms with van der Waals surface area (Å²) in [4.78, 5) is 0. The first-order chi connectivity index (χ1) is 4.66. The Morgan fingerprint density at radius 2 is 2.20 bits per heavy atom. The van der Waals surface area contributed by atoms with Crippen molar-refractivity contribution in [2.75, 3.05) is 13.2 Å². The van der Waals surface area contributed by atoms with Gasteiger partial charge in [0.15, 0.2) is 0 Å². The predicted octanol–water partition coefficient (Wildman–Crippen LogP) is 1.90. The summed E-state index contributed by atoms with van der Waals surface area (Å²) in [6.07, 6.45) is 0.486. The highest BCUT2D eigenvalue weighted by Gasteiger charge is 1.94. The first-order valence-electron chi connectivity index (χ1n) is 3.62. The van der Waals surface area contributed by atoms with Crippen LogP contribution in [0, 0.1) is 0 Å². The van der Waals surface area contributed by atoms with Crippen molar-refractivity contribution in [2.24, 2.45) is 0 Å². The molecule has 60 valence electrons. The minimum absolute atomic E-state index is 0.293. The lowest BCUT2D eigenvalue weighted by Gasteiger charge is -2.08. The molecule has 0 unspecified atom stereocenters. The van der Waals surface area contributed by atoms with E-state index in [2.05, 4.69) is 25.7 Å². The molecule has 0 radical (unpaired) electrons. The number of rotatable bonds is 5. The van der Waals surface area contributed by atoms with Crippen molar-refractivity contribution < 1.29 is 4.39 Å². The van der Waals surface area contributed by atoms with Crippen LogP contribution >= 0.6 is 0 Å².